The number of ether oxygens (including phenoxy) is 2. The Bertz CT molecular complexity index is 453. The van der Waals surface area contributed by atoms with Gasteiger partial charge in [0.1, 0.15) is 17.7 Å². The predicted octanol–water partition coefficient (Wildman–Crippen LogP) is 3.74. The number of carbonyl (C=O) groups excluding carboxylic acids is 2. The fourth-order valence-corrected chi connectivity index (χ4v) is 2.79. The zero-order valence-corrected chi connectivity index (χ0v) is 16.0. The molecule has 0 aromatic rings. The number of hydrogen-bond acceptors (Lipinski definition) is 4. The molecule has 1 aliphatic heterocycles. The van der Waals surface area contributed by atoms with Crippen LogP contribution in [0.3, 0.4) is 0 Å². The summed E-state index contributed by atoms with van der Waals surface area (Å²) in [7, 11) is 1.39. The summed E-state index contributed by atoms with van der Waals surface area (Å²) in [5.74, 6) is -0.267. The molecule has 1 rings (SSSR count). The zero-order valence-electron chi connectivity index (χ0n) is 16.0. The van der Waals surface area contributed by atoms with E-state index < -0.39 is 30.0 Å². The van der Waals surface area contributed by atoms with Gasteiger partial charge in [-0.3, -0.25) is 9.69 Å². The van der Waals surface area contributed by atoms with Crippen molar-refractivity contribution in [3.8, 4) is 0 Å². The lowest BCUT2D eigenvalue weighted by molar-refractivity contribution is -0.125. The lowest BCUT2D eigenvalue weighted by atomic mass is 9.88. The molecule has 140 valence electrons. The average molecular weight is 345 g/mol. The van der Waals surface area contributed by atoms with Crippen molar-refractivity contribution >= 4 is 11.9 Å². The molecule has 0 aromatic heterocycles. The van der Waals surface area contributed by atoms with Crippen molar-refractivity contribution in [1.82, 2.24) is 4.90 Å². The first-order chi connectivity index (χ1) is 10.9. The summed E-state index contributed by atoms with van der Waals surface area (Å²) in [5.41, 5.74) is -0.584. The maximum atomic E-state index is 14.6. The molecule has 0 N–H and O–H groups in total. The molecule has 3 atom stereocenters. The summed E-state index contributed by atoms with van der Waals surface area (Å²) < 4.78 is 25.0. The van der Waals surface area contributed by atoms with Gasteiger partial charge in [-0.05, 0) is 39.0 Å². The van der Waals surface area contributed by atoms with Crippen LogP contribution < -0.4 is 0 Å². The van der Waals surface area contributed by atoms with Crippen LogP contribution in [0, 0.1) is 5.41 Å². The summed E-state index contributed by atoms with van der Waals surface area (Å²) in [4.78, 5) is 26.1. The number of nitrogens with zero attached hydrogens (tertiary/aromatic N) is 1. The highest BCUT2D eigenvalue weighted by atomic mass is 19.1. The van der Waals surface area contributed by atoms with E-state index in [1.165, 1.54) is 12.0 Å². The van der Waals surface area contributed by atoms with Crippen LogP contribution in [-0.4, -0.2) is 54.3 Å². The van der Waals surface area contributed by atoms with Crippen LogP contribution in [0.1, 0.15) is 60.8 Å². The maximum absolute atomic E-state index is 14.6. The largest absolute Gasteiger partial charge is 0.444 e. The Labute approximate surface area is 144 Å². The zero-order chi connectivity index (χ0) is 18.7. The predicted molar refractivity (Wildman–Crippen MR) is 90.7 cm³/mol. The summed E-state index contributed by atoms with van der Waals surface area (Å²) in [6.07, 6.45) is -1.20. The van der Waals surface area contributed by atoms with E-state index in [4.69, 9.17) is 9.47 Å². The molecule has 1 fully saturated rings. The Morgan fingerprint density at radius 1 is 1.17 bits per heavy atom. The third kappa shape index (κ3) is 6.04. The third-order valence-electron chi connectivity index (χ3n) is 3.98. The van der Waals surface area contributed by atoms with Crippen LogP contribution in [0.4, 0.5) is 9.18 Å². The Morgan fingerprint density at radius 2 is 1.75 bits per heavy atom. The van der Waals surface area contributed by atoms with Crippen molar-refractivity contribution in [3.63, 3.8) is 0 Å². The Kier molecular flexibility index (Phi) is 6.79. The van der Waals surface area contributed by atoms with E-state index in [0.717, 1.165) is 6.42 Å². The van der Waals surface area contributed by atoms with Crippen LogP contribution in [0.25, 0.3) is 0 Å². The van der Waals surface area contributed by atoms with Crippen LogP contribution in [0.5, 0.6) is 0 Å². The van der Waals surface area contributed by atoms with Crippen molar-refractivity contribution < 1.29 is 23.5 Å². The normalized spacial score (nSPS) is 25.0. The van der Waals surface area contributed by atoms with Gasteiger partial charge in [-0.25, -0.2) is 9.18 Å². The fraction of sp³-hybridized carbons (Fsp3) is 0.889. The standard InChI is InChI=1S/C18H32FNO4/c1-17(2,3)10-8-9-12(21)15-14(19)13(23-7)11-20(15)16(22)24-18(4,5)6/h13-15H,8-11H2,1-7H3/t13-,14+,15-/m1/s1. The van der Waals surface area contributed by atoms with Crippen molar-refractivity contribution in [1.29, 1.82) is 0 Å². The monoisotopic (exact) mass is 345 g/mol. The van der Waals surface area contributed by atoms with Crippen molar-refractivity contribution in [2.75, 3.05) is 13.7 Å². The molecule has 5 nitrogen and oxygen atoms in total. The van der Waals surface area contributed by atoms with E-state index in [-0.39, 0.29) is 24.2 Å². The Morgan fingerprint density at radius 3 is 2.21 bits per heavy atom. The highest BCUT2D eigenvalue weighted by molar-refractivity contribution is 5.89. The maximum Gasteiger partial charge on any atom is 0.411 e. The summed E-state index contributed by atoms with van der Waals surface area (Å²) in [6.45, 7) is 11.5. The Hall–Kier alpha value is -1.17. The van der Waals surface area contributed by atoms with E-state index >= 15 is 0 Å². The van der Waals surface area contributed by atoms with E-state index in [9.17, 15) is 14.0 Å². The second-order valence-electron chi connectivity index (χ2n) is 8.68. The van der Waals surface area contributed by atoms with E-state index in [2.05, 4.69) is 20.8 Å². The molecule has 1 heterocycles. The van der Waals surface area contributed by atoms with Crippen LogP contribution in [0.15, 0.2) is 0 Å². The number of alkyl halides is 1. The molecule has 1 amide bonds. The van der Waals surface area contributed by atoms with Gasteiger partial charge in [0.05, 0.1) is 6.54 Å². The molecular formula is C18H32FNO4. The molecule has 0 saturated carbocycles. The summed E-state index contributed by atoms with van der Waals surface area (Å²) in [6, 6.07) is -1.12. The van der Waals surface area contributed by atoms with E-state index in [1.807, 2.05) is 0 Å². The van der Waals surface area contributed by atoms with E-state index in [0.29, 0.717) is 6.42 Å². The first-order valence-electron chi connectivity index (χ1n) is 8.55. The summed E-state index contributed by atoms with van der Waals surface area (Å²) >= 11 is 0. The molecule has 0 aliphatic carbocycles. The molecule has 1 aliphatic rings. The highest BCUT2D eigenvalue weighted by Gasteiger charge is 2.49. The molecule has 0 aromatic carbocycles. The van der Waals surface area contributed by atoms with Gasteiger partial charge < -0.3 is 9.47 Å². The number of methoxy groups -OCH3 is 1. The minimum atomic E-state index is -1.52. The van der Waals surface area contributed by atoms with Crippen LogP contribution >= 0.6 is 0 Å². The molecule has 24 heavy (non-hydrogen) atoms. The number of Topliss-reactive ketones (excluding diaryl/α,β-unsaturated/α-hetero) is 1. The molecule has 1 saturated heterocycles. The quantitative estimate of drug-likeness (QED) is 0.761. The number of likely N-dealkylation sites (tertiary alicyclic amines) is 1. The first-order valence-corrected chi connectivity index (χ1v) is 8.55. The van der Waals surface area contributed by atoms with E-state index in [1.54, 1.807) is 20.8 Å². The minimum absolute atomic E-state index is 0.0300. The SMILES string of the molecule is CO[C@@H]1CN(C(=O)OC(C)(C)C)[C@H](C(=O)CCCC(C)(C)C)[C@H]1F. The number of rotatable bonds is 5. The van der Waals surface area contributed by atoms with Gasteiger partial charge in [0.25, 0.3) is 0 Å². The van der Waals surface area contributed by atoms with Crippen molar-refractivity contribution in [2.24, 2.45) is 5.41 Å². The molecule has 0 unspecified atom stereocenters. The van der Waals surface area contributed by atoms with Gasteiger partial charge in [-0.15, -0.1) is 0 Å². The van der Waals surface area contributed by atoms with Crippen LogP contribution in [0.2, 0.25) is 0 Å². The average Bonchev–Trinajstić information content (AvgIpc) is 2.72. The third-order valence-corrected chi connectivity index (χ3v) is 3.98. The fourth-order valence-electron chi connectivity index (χ4n) is 2.79. The number of hydrogen-bond donors (Lipinski definition) is 0. The first kappa shape index (κ1) is 20.9. The lowest BCUT2D eigenvalue weighted by Gasteiger charge is -2.28. The van der Waals surface area contributed by atoms with Crippen molar-refractivity contribution in [2.45, 2.75) is 84.7 Å². The number of halogens is 1. The smallest absolute Gasteiger partial charge is 0.411 e. The second kappa shape index (κ2) is 7.81. The van der Waals surface area contributed by atoms with Gasteiger partial charge in [-0.2, -0.15) is 0 Å². The number of amides is 1. The second-order valence-corrected chi connectivity index (χ2v) is 8.68. The van der Waals surface area contributed by atoms with Gasteiger partial charge in [-0.1, -0.05) is 20.8 Å². The summed E-state index contributed by atoms with van der Waals surface area (Å²) in [5, 5.41) is 0. The van der Waals surface area contributed by atoms with Gasteiger partial charge in [0.15, 0.2) is 12.0 Å². The van der Waals surface area contributed by atoms with Crippen LogP contribution in [-0.2, 0) is 14.3 Å². The lowest BCUT2D eigenvalue weighted by Crippen LogP contribution is -2.46. The molecular weight excluding hydrogens is 313 g/mol. The molecule has 0 spiro atoms. The molecule has 6 heteroatoms. The topological polar surface area (TPSA) is 55.8 Å². The number of ketones is 1. The van der Waals surface area contributed by atoms with Gasteiger partial charge in [0.2, 0.25) is 0 Å². The van der Waals surface area contributed by atoms with Gasteiger partial charge >= 0.3 is 6.09 Å². The molecule has 0 bridgehead atoms. The highest BCUT2D eigenvalue weighted by Crippen LogP contribution is 2.29. The van der Waals surface area contributed by atoms with Crippen molar-refractivity contribution in [3.05, 3.63) is 0 Å². The van der Waals surface area contributed by atoms with Gasteiger partial charge in [0, 0.05) is 13.5 Å². The number of carbonyl (C=O) groups is 2. The molecule has 0 radical (unpaired) electrons. The Balaban J connectivity index is 2.81. The minimum Gasteiger partial charge on any atom is -0.444 e.